The number of para-hydroxylation sites is 1. The molecule has 0 unspecified atom stereocenters. The fraction of sp³-hybridized carbons (Fsp3) is 0.304. The normalized spacial score (nSPS) is 16.2. The Morgan fingerprint density at radius 3 is 2.75 bits per heavy atom. The molecule has 2 aromatic carbocycles. The van der Waals surface area contributed by atoms with Gasteiger partial charge in [-0.25, -0.2) is 0 Å². The number of carbonyl (C=O) groups excluding carboxylic acids is 1. The molecule has 4 nitrogen and oxygen atoms in total. The van der Waals surface area contributed by atoms with Gasteiger partial charge in [-0.15, -0.1) is 0 Å². The second-order valence-corrected chi connectivity index (χ2v) is 7.89. The number of hydrogen-bond acceptors (Lipinski definition) is 3. The molecule has 144 valence electrons. The number of halogens is 1. The molecule has 0 radical (unpaired) electrons. The van der Waals surface area contributed by atoms with E-state index in [0.717, 1.165) is 48.4 Å². The number of piperidine rings is 1. The maximum absolute atomic E-state index is 12.7. The summed E-state index contributed by atoms with van der Waals surface area (Å²) in [6.07, 6.45) is 5.91. The quantitative estimate of drug-likeness (QED) is 0.458. The van der Waals surface area contributed by atoms with Crippen molar-refractivity contribution in [2.24, 2.45) is 13.0 Å². The van der Waals surface area contributed by atoms with Gasteiger partial charge < -0.3 is 0 Å². The Labute approximate surface area is 170 Å². The number of rotatable bonds is 5. The smallest absolute Gasteiger partial charge is 0.206 e. The zero-order valence-corrected chi connectivity index (χ0v) is 16.8. The van der Waals surface area contributed by atoms with Gasteiger partial charge in [0.15, 0.2) is 0 Å². The first kappa shape index (κ1) is 18.9. The summed E-state index contributed by atoms with van der Waals surface area (Å²) in [7, 11) is 1.87. The molecule has 2 heterocycles. The van der Waals surface area contributed by atoms with E-state index >= 15 is 0 Å². The van der Waals surface area contributed by atoms with Crippen molar-refractivity contribution >= 4 is 28.3 Å². The average Bonchev–Trinajstić information content (AvgIpc) is 3.04. The number of carbonyl (C=O) groups is 1. The third-order valence-corrected chi connectivity index (χ3v) is 5.67. The number of aryl methyl sites for hydroxylation is 1. The van der Waals surface area contributed by atoms with Gasteiger partial charge in [0, 0.05) is 24.0 Å². The van der Waals surface area contributed by atoms with Crippen LogP contribution in [0.4, 0.5) is 0 Å². The lowest BCUT2D eigenvalue weighted by atomic mass is 9.95. The predicted octanol–water partition coefficient (Wildman–Crippen LogP) is 4.88. The van der Waals surface area contributed by atoms with E-state index in [0.29, 0.717) is 11.6 Å². The molecule has 0 spiro atoms. The number of ketones is 1. The summed E-state index contributed by atoms with van der Waals surface area (Å²) in [5, 5.41) is 6.12. The van der Waals surface area contributed by atoms with Crippen LogP contribution in [-0.4, -0.2) is 33.6 Å². The van der Waals surface area contributed by atoms with Gasteiger partial charge in [0.2, 0.25) is 5.78 Å². The lowest BCUT2D eigenvalue weighted by Crippen LogP contribution is -2.32. The Balaban J connectivity index is 1.35. The highest BCUT2D eigenvalue weighted by Crippen LogP contribution is 2.22. The third-order valence-electron chi connectivity index (χ3n) is 5.44. The molecule has 0 bridgehead atoms. The first-order chi connectivity index (χ1) is 13.6. The van der Waals surface area contributed by atoms with E-state index in [1.54, 1.807) is 10.8 Å². The molecule has 1 aliphatic rings. The Bertz CT molecular complexity index is 1020. The summed E-state index contributed by atoms with van der Waals surface area (Å²) in [5.41, 5.74) is 2.76. The van der Waals surface area contributed by atoms with E-state index in [-0.39, 0.29) is 5.78 Å². The molecule has 1 aromatic heterocycles. The number of nitrogens with zero attached hydrogens (tertiary/aromatic N) is 3. The summed E-state index contributed by atoms with van der Waals surface area (Å²) >= 11 is 6.08. The van der Waals surface area contributed by atoms with Gasteiger partial charge in [-0.1, -0.05) is 48.0 Å². The number of likely N-dealkylation sites (tertiary alicyclic amines) is 1. The van der Waals surface area contributed by atoms with Crippen molar-refractivity contribution in [1.29, 1.82) is 0 Å². The molecule has 1 aliphatic heterocycles. The van der Waals surface area contributed by atoms with Gasteiger partial charge in [-0.3, -0.25) is 14.4 Å². The van der Waals surface area contributed by atoms with E-state index in [1.807, 2.05) is 49.5 Å². The van der Waals surface area contributed by atoms with Crippen molar-refractivity contribution in [2.45, 2.75) is 19.4 Å². The second kappa shape index (κ2) is 8.29. The Morgan fingerprint density at radius 1 is 1.18 bits per heavy atom. The lowest BCUT2D eigenvalue weighted by molar-refractivity contribution is 0.104. The van der Waals surface area contributed by atoms with Crippen LogP contribution in [-0.2, 0) is 13.6 Å². The highest BCUT2D eigenvalue weighted by molar-refractivity contribution is 6.30. The topological polar surface area (TPSA) is 38.1 Å². The molecular formula is C23H24ClN3O. The molecule has 28 heavy (non-hydrogen) atoms. The number of fused-ring (bicyclic) bond motifs is 1. The molecular weight excluding hydrogens is 370 g/mol. The van der Waals surface area contributed by atoms with E-state index in [9.17, 15) is 4.79 Å². The maximum atomic E-state index is 12.7. The second-order valence-electron chi connectivity index (χ2n) is 7.46. The molecule has 5 heteroatoms. The number of allylic oxidation sites excluding steroid dienone is 2. The molecule has 3 aromatic rings. The minimum absolute atomic E-state index is 0.0156. The summed E-state index contributed by atoms with van der Waals surface area (Å²) in [6.45, 7) is 2.99. The van der Waals surface area contributed by atoms with Crippen LogP contribution >= 0.6 is 11.6 Å². The van der Waals surface area contributed by atoms with E-state index in [2.05, 4.69) is 22.1 Å². The van der Waals surface area contributed by atoms with Crippen molar-refractivity contribution in [1.82, 2.24) is 14.7 Å². The molecule has 0 atom stereocenters. The van der Waals surface area contributed by atoms with E-state index < -0.39 is 0 Å². The fourth-order valence-corrected chi connectivity index (χ4v) is 4.11. The number of hydrogen-bond donors (Lipinski definition) is 0. The third kappa shape index (κ3) is 4.18. The summed E-state index contributed by atoms with van der Waals surface area (Å²) in [6, 6.07) is 15.9. The van der Waals surface area contributed by atoms with Crippen LogP contribution in [0.15, 0.2) is 60.7 Å². The van der Waals surface area contributed by atoms with E-state index in [4.69, 9.17) is 11.6 Å². The van der Waals surface area contributed by atoms with Gasteiger partial charge in [0.1, 0.15) is 5.69 Å². The van der Waals surface area contributed by atoms with Crippen LogP contribution in [0, 0.1) is 5.92 Å². The highest BCUT2D eigenvalue weighted by atomic mass is 35.5. The highest BCUT2D eigenvalue weighted by Gasteiger charge is 2.19. The van der Waals surface area contributed by atoms with Gasteiger partial charge in [-0.2, -0.15) is 5.10 Å². The molecule has 1 fully saturated rings. The Hall–Kier alpha value is -2.43. The van der Waals surface area contributed by atoms with Gasteiger partial charge in [0.05, 0.1) is 5.52 Å². The molecule has 4 rings (SSSR count). The molecule has 0 aliphatic carbocycles. The van der Waals surface area contributed by atoms with Crippen molar-refractivity contribution in [3.63, 3.8) is 0 Å². The Kier molecular flexibility index (Phi) is 5.60. The van der Waals surface area contributed by atoms with Crippen LogP contribution in [0.2, 0.25) is 5.02 Å². The minimum Gasteiger partial charge on any atom is -0.299 e. The molecule has 0 saturated carbocycles. The minimum atomic E-state index is -0.0156. The summed E-state index contributed by atoms with van der Waals surface area (Å²) in [5.74, 6) is 0.424. The average molecular weight is 394 g/mol. The van der Waals surface area contributed by atoms with Crippen molar-refractivity contribution in [2.75, 3.05) is 13.1 Å². The van der Waals surface area contributed by atoms with Crippen LogP contribution in [0.5, 0.6) is 0 Å². The zero-order valence-electron chi connectivity index (χ0n) is 16.0. The van der Waals surface area contributed by atoms with E-state index in [1.165, 1.54) is 5.56 Å². The van der Waals surface area contributed by atoms with Crippen LogP contribution in [0.1, 0.15) is 28.9 Å². The van der Waals surface area contributed by atoms with Crippen LogP contribution in [0.3, 0.4) is 0 Å². The number of benzene rings is 2. The van der Waals surface area contributed by atoms with Crippen molar-refractivity contribution in [3.05, 3.63) is 77.0 Å². The van der Waals surface area contributed by atoms with Gasteiger partial charge in [0.25, 0.3) is 0 Å². The van der Waals surface area contributed by atoms with Crippen molar-refractivity contribution < 1.29 is 4.79 Å². The van der Waals surface area contributed by atoms with Crippen LogP contribution < -0.4 is 0 Å². The monoisotopic (exact) mass is 393 g/mol. The SMILES string of the molecule is Cn1nc(C(=O)C=CC2CCN(Cc3cccc(Cl)c3)CC2)c2ccccc21. The Morgan fingerprint density at radius 2 is 1.96 bits per heavy atom. The largest absolute Gasteiger partial charge is 0.299 e. The van der Waals surface area contributed by atoms with Gasteiger partial charge in [-0.05, 0) is 61.7 Å². The maximum Gasteiger partial charge on any atom is 0.206 e. The zero-order chi connectivity index (χ0) is 19.5. The van der Waals surface area contributed by atoms with Crippen LogP contribution in [0.25, 0.3) is 10.9 Å². The standard InChI is InChI=1S/C23H24ClN3O/c1-26-21-8-3-2-7-20(21)23(25-26)22(28)10-9-17-11-13-27(14-12-17)16-18-5-4-6-19(24)15-18/h2-10,15,17H,11-14,16H2,1H3. The van der Waals surface area contributed by atoms with Crippen molar-refractivity contribution in [3.8, 4) is 0 Å². The first-order valence-electron chi connectivity index (χ1n) is 9.71. The molecule has 0 N–H and O–H groups in total. The fourth-order valence-electron chi connectivity index (χ4n) is 3.90. The number of aromatic nitrogens is 2. The molecule has 1 saturated heterocycles. The first-order valence-corrected chi connectivity index (χ1v) is 10.1. The lowest BCUT2D eigenvalue weighted by Gasteiger charge is -2.30. The van der Waals surface area contributed by atoms with Gasteiger partial charge >= 0.3 is 0 Å². The summed E-state index contributed by atoms with van der Waals surface area (Å²) < 4.78 is 1.77. The molecule has 0 amide bonds. The predicted molar refractivity (Wildman–Crippen MR) is 114 cm³/mol. The summed E-state index contributed by atoms with van der Waals surface area (Å²) in [4.78, 5) is 15.1.